The molecule has 1 aliphatic heterocycles. The Labute approximate surface area is 195 Å². The molecule has 0 spiro atoms. The molecule has 1 aromatic carbocycles. The van der Waals surface area contributed by atoms with Crippen molar-refractivity contribution in [3.05, 3.63) is 28.8 Å². The largest absolute Gasteiger partial charge is 0.330 e. The number of carbonyl (C=O) groups is 1. The number of anilines is 1. The summed E-state index contributed by atoms with van der Waals surface area (Å²) in [4.78, 5) is 22.6. The van der Waals surface area contributed by atoms with E-state index in [9.17, 15) is 4.79 Å². The monoisotopic (exact) mass is 459 g/mol. The maximum Gasteiger partial charge on any atom is 0.225 e. The number of benzene rings is 1. The normalized spacial score (nSPS) is 35.2. The second-order valence-corrected chi connectivity index (χ2v) is 11.8. The molecule has 1 amide bonds. The van der Waals surface area contributed by atoms with E-state index in [2.05, 4.69) is 11.8 Å². The molecular formula is C25H34ClN3OS. The molecule has 1 saturated heterocycles. The topological polar surface area (TPSA) is 35.9 Å². The Balaban J connectivity index is 1.46. The number of hydrogen-bond acceptors (Lipinski definition) is 3. The van der Waals surface area contributed by atoms with Crippen LogP contribution in [0.4, 0.5) is 5.69 Å². The third kappa shape index (κ3) is 4.01. The van der Waals surface area contributed by atoms with E-state index in [1.807, 2.05) is 41.8 Å². The molecule has 4 bridgehead atoms. The second kappa shape index (κ2) is 8.30. The van der Waals surface area contributed by atoms with Crippen molar-refractivity contribution in [2.24, 2.45) is 22.7 Å². The van der Waals surface area contributed by atoms with Gasteiger partial charge in [-0.05, 0) is 87.3 Å². The van der Waals surface area contributed by atoms with Crippen LogP contribution in [0.5, 0.6) is 0 Å². The lowest BCUT2D eigenvalue weighted by Gasteiger charge is -2.55. The number of amidine groups is 1. The lowest BCUT2D eigenvalue weighted by molar-refractivity contribution is -0.117. The Morgan fingerprint density at radius 2 is 1.87 bits per heavy atom. The van der Waals surface area contributed by atoms with Crippen LogP contribution in [0.3, 0.4) is 0 Å². The van der Waals surface area contributed by atoms with Gasteiger partial charge in [-0.15, -0.1) is 0 Å². The Kier molecular flexibility index (Phi) is 5.79. The molecule has 1 heterocycles. The van der Waals surface area contributed by atoms with Gasteiger partial charge in [0.1, 0.15) is 6.17 Å². The number of nitrogens with zero attached hydrogens (tertiary/aromatic N) is 3. The summed E-state index contributed by atoms with van der Waals surface area (Å²) in [6.07, 6.45) is 9.11. The zero-order valence-corrected chi connectivity index (χ0v) is 20.5. The molecule has 1 unspecified atom stereocenters. The quantitative estimate of drug-likeness (QED) is 0.532. The van der Waals surface area contributed by atoms with E-state index in [-0.39, 0.29) is 17.6 Å². The van der Waals surface area contributed by atoms with Gasteiger partial charge >= 0.3 is 0 Å². The van der Waals surface area contributed by atoms with Crippen LogP contribution >= 0.6 is 23.4 Å². The van der Waals surface area contributed by atoms with Gasteiger partial charge in [0.25, 0.3) is 0 Å². The predicted octanol–water partition coefficient (Wildman–Crippen LogP) is 6.11. The second-order valence-electron chi connectivity index (χ2n) is 10.4. The highest BCUT2D eigenvalue weighted by molar-refractivity contribution is 8.14. The first kappa shape index (κ1) is 21.6. The van der Waals surface area contributed by atoms with Crippen molar-refractivity contribution >= 4 is 40.1 Å². The maximum absolute atomic E-state index is 12.8. The number of aryl methyl sites for hydroxylation is 1. The lowest BCUT2D eigenvalue weighted by atomic mass is 9.53. The smallest absolute Gasteiger partial charge is 0.225 e. The van der Waals surface area contributed by atoms with E-state index in [0.29, 0.717) is 5.02 Å². The summed E-state index contributed by atoms with van der Waals surface area (Å²) in [6, 6.07) is 5.97. The first-order valence-electron chi connectivity index (χ1n) is 11.9. The highest BCUT2D eigenvalue weighted by Crippen LogP contribution is 2.57. The van der Waals surface area contributed by atoms with E-state index in [0.717, 1.165) is 52.9 Å². The van der Waals surface area contributed by atoms with Gasteiger partial charge in [-0.25, -0.2) is 0 Å². The standard InChI is InChI=1S/C25H34ClN3OS/c1-4-7-28-23(29(17(3)30)22-6-5-16(2)8-21(22)26)15-31-24(28)27-25-12-18-9-19(13-25)11-20(10-18)14-25/h5-6,8,18-20,23H,4,7,9-15H2,1-3H3. The van der Waals surface area contributed by atoms with Gasteiger partial charge in [0.2, 0.25) is 5.91 Å². The third-order valence-corrected chi connectivity index (χ3v) is 9.12. The molecule has 5 aliphatic rings. The van der Waals surface area contributed by atoms with E-state index >= 15 is 0 Å². The number of thioether (sulfide) groups is 1. The first-order valence-corrected chi connectivity index (χ1v) is 13.3. The number of amides is 1. The number of halogens is 1. The summed E-state index contributed by atoms with van der Waals surface area (Å²) in [5, 5.41) is 1.80. The zero-order chi connectivity index (χ0) is 21.8. The Morgan fingerprint density at radius 1 is 1.23 bits per heavy atom. The average Bonchev–Trinajstić information content (AvgIpc) is 3.04. The number of rotatable bonds is 5. The molecule has 5 fully saturated rings. The van der Waals surface area contributed by atoms with Crippen molar-refractivity contribution in [1.29, 1.82) is 0 Å². The fraction of sp³-hybridized carbons (Fsp3) is 0.680. The molecule has 6 heteroatoms. The Morgan fingerprint density at radius 3 is 2.42 bits per heavy atom. The molecule has 0 N–H and O–H groups in total. The van der Waals surface area contributed by atoms with Crippen molar-refractivity contribution in [2.45, 2.75) is 77.4 Å². The van der Waals surface area contributed by atoms with E-state index in [1.54, 1.807) is 6.92 Å². The van der Waals surface area contributed by atoms with Crippen LogP contribution in [-0.4, -0.2) is 40.0 Å². The van der Waals surface area contributed by atoms with Crippen LogP contribution in [0, 0.1) is 24.7 Å². The van der Waals surface area contributed by atoms with Crippen molar-refractivity contribution in [1.82, 2.24) is 4.90 Å². The fourth-order valence-electron chi connectivity index (χ4n) is 7.00. The van der Waals surface area contributed by atoms with Gasteiger partial charge < -0.3 is 4.90 Å². The zero-order valence-electron chi connectivity index (χ0n) is 18.9. The lowest BCUT2D eigenvalue weighted by Crippen LogP contribution is -2.52. The molecule has 4 saturated carbocycles. The van der Waals surface area contributed by atoms with E-state index in [4.69, 9.17) is 16.6 Å². The summed E-state index contributed by atoms with van der Waals surface area (Å²) < 4.78 is 0. The van der Waals surface area contributed by atoms with Crippen LogP contribution in [0.25, 0.3) is 0 Å². The average molecular weight is 460 g/mol. The SMILES string of the molecule is CCCN1C(=NC23CC4CC(CC(C4)C2)C3)SCC1N(C(C)=O)c1ccc(C)cc1Cl. The summed E-state index contributed by atoms with van der Waals surface area (Å²) in [6.45, 7) is 6.80. The molecule has 1 aromatic rings. The van der Waals surface area contributed by atoms with Crippen molar-refractivity contribution in [3.63, 3.8) is 0 Å². The van der Waals surface area contributed by atoms with Crippen molar-refractivity contribution in [3.8, 4) is 0 Å². The van der Waals surface area contributed by atoms with E-state index in [1.165, 1.54) is 38.5 Å². The highest BCUT2D eigenvalue weighted by Gasteiger charge is 2.52. The van der Waals surface area contributed by atoms with Gasteiger partial charge in [0.05, 0.1) is 16.2 Å². The maximum atomic E-state index is 12.8. The van der Waals surface area contributed by atoms with E-state index < -0.39 is 0 Å². The van der Waals surface area contributed by atoms with Crippen molar-refractivity contribution in [2.75, 3.05) is 17.2 Å². The molecule has 31 heavy (non-hydrogen) atoms. The minimum Gasteiger partial charge on any atom is -0.330 e. The number of aliphatic imine (C=N–C) groups is 1. The first-order chi connectivity index (χ1) is 14.9. The molecule has 0 radical (unpaired) electrons. The van der Waals surface area contributed by atoms with Gasteiger partial charge in [0.15, 0.2) is 5.17 Å². The molecule has 1 atom stereocenters. The summed E-state index contributed by atoms with van der Waals surface area (Å²) >= 11 is 8.44. The van der Waals surface area contributed by atoms with Gasteiger partial charge in [-0.1, -0.05) is 36.4 Å². The molecule has 4 aliphatic carbocycles. The summed E-state index contributed by atoms with van der Waals surface area (Å²) in [5.41, 5.74) is 2.07. The van der Waals surface area contributed by atoms with Crippen LogP contribution in [0.15, 0.2) is 23.2 Å². The minimum atomic E-state index is -0.0321. The van der Waals surface area contributed by atoms with Crippen LogP contribution in [0.1, 0.15) is 64.4 Å². The van der Waals surface area contributed by atoms with Crippen LogP contribution in [-0.2, 0) is 4.79 Å². The molecule has 6 rings (SSSR count). The molecular weight excluding hydrogens is 426 g/mol. The van der Waals surface area contributed by atoms with Gasteiger partial charge in [-0.3, -0.25) is 14.7 Å². The van der Waals surface area contributed by atoms with Crippen molar-refractivity contribution < 1.29 is 4.79 Å². The fourth-order valence-corrected chi connectivity index (χ4v) is 8.59. The van der Waals surface area contributed by atoms with Crippen LogP contribution in [0.2, 0.25) is 5.02 Å². The predicted molar refractivity (Wildman–Crippen MR) is 131 cm³/mol. The van der Waals surface area contributed by atoms with Crippen LogP contribution < -0.4 is 4.90 Å². The molecule has 4 nitrogen and oxygen atoms in total. The Hall–Kier alpha value is -1.20. The third-order valence-electron chi connectivity index (χ3n) is 7.77. The summed E-state index contributed by atoms with van der Waals surface area (Å²) in [7, 11) is 0. The molecule has 168 valence electrons. The molecule has 0 aromatic heterocycles. The number of carbonyl (C=O) groups excluding carboxylic acids is 1. The minimum absolute atomic E-state index is 0.0321. The van der Waals surface area contributed by atoms with Gasteiger partial charge in [0, 0.05) is 19.2 Å². The van der Waals surface area contributed by atoms with Gasteiger partial charge in [-0.2, -0.15) is 0 Å². The Bertz CT molecular complexity index is 865. The highest BCUT2D eigenvalue weighted by atomic mass is 35.5. The number of hydrogen-bond donors (Lipinski definition) is 0. The summed E-state index contributed by atoms with van der Waals surface area (Å²) in [5.74, 6) is 3.54.